The molecular weight excluding hydrogens is 168 g/mol. The predicted molar refractivity (Wildman–Crippen MR) is 49.3 cm³/mol. The number of hydrogen-bond donors (Lipinski definition) is 1. The van der Waals surface area contributed by atoms with E-state index in [1.165, 1.54) is 0 Å². The van der Waals surface area contributed by atoms with E-state index >= 15 is 0 Å². The smallest absolute Gasteiger partial charge is 0.208 e. The minimum atomic E-state index is -0.404. The van der Waals surface area contributed by atoms with Gasteiger partial charge < -0.3 is 14.5 Å². The Kier molecular flexibility index (Phi) is 3.06. The second-order valence-corrected chi connectivity index (χ2v) is 3.36. The van der Waals surface area contributed by atoms with Crippen LogP contribution in [-0.4, -0.2) is 19.1 Å². The molecule has 0 amide bonds. The predicted octanol–water partition coefficient (Wildman–Crippen LogP) is 1.28. The summed E-state index contributed by atoms with van der Waals surface area (Å²) in [6.07, 6.45) is 1.70. The van der Waals surface area contributed by atoms with Gasteiger partial charge in [0.05, 0.1) is 12.7 Å². The maximum atomic E-state index is 5.48. The number of nitrogens with one attached hydrogen (secondary N) is 1. The van der Waals surface area contributed by atoms with Crippen LogP contribution in [0.15, 0.2) is 10.6 Å². The number of rotatable bonds is 4. The number of aromatic nitrogens is 1. The van der Waals surface area contributed by atoms with Gasteiger partial charge in [-0.15, -0.1) is 0 Å². The van der Waals surface area contributed by atoms with Crippen LogP contribution in [0.2, 0.25) is 0 Å². The van der Waals surface area contributed by atoms with Gasteiger partial charge in [0.2, 0.25) is 5.89 Å². The van der Waals surface area contributed by atoms with Crippen LogP contribution in [0.25, 0.3) is 0 Å². The molecule has 74 valence electrons. The van der Waals surface area contributed by atoms with Crippen molar-refractivity contribution >= 4 is 0 Å². The molecule has 0 unspecified atom stereocenters. The molecule has 0 aliphatic carbocycles. The first-order valence-corrected chi connectivity index (χ1v) is 4.25. The van der Waals surface area contributed by atoms with E-state index in [0.29, 0.717) is 12.4 Å². The van der Waals surface area contributed by atoms with Crippen LogP contribution < -0.4 is 5.32 Å². The van der Waals surface area contributed by atoms with Gasteiger partial charge in [-0.05, 0) is 20.9 Å². The van der Waals surface area contributed by atoms with Gasteiger partial charge in [0.1, 0.15) is 5.60 Å². The molecule has 4 nitrogen and oxygen atoms in total. The van der Waals surface area contributed by atoms with Crippen molar-refractivity contribution in [2.45, 2.75) is 26.0 Å². The second kappa shape index (κ2) is 3.89. The first-order valence-electron chi connectivity index (χ1n) is 4.25. The Morgan fingerprint density at radius 1 is 1.62 bits per heavy atom. The molecule has 0 bridgehead atoms. The molecule has 0 aromatic carbocycles. The molecule has 1 aromatic heterocycles. The van der Waals surface area contributed by atoms with Crippen molar-refractivity contribution in [2.75, 3.05) is 14.2 Å². The second-order valence-electron chi connectivity index (χ2n) is 3.36. The summed E-state index contributed by atoms with van der Waals surface area (Å²) in [4.78, 5) is 4.11. The zero-order chi connectivity index (χ0) is 9.90. The van der Waals surface area contributed by atoms with Gasteiger partial charge in [-0.1, -0.05) is 0 Å². The molecule has 1 N–H and O–H groups in total. The normalized spacial score (nSPS) is 12.0. The van der Waals surface area contributed by atoms with Gasteiger partial charge in [-0.25, -0.2) is 4.98 Å². The average Bonchev–Trinajstić information content (AvgIpc) is 2.54. The van der Waals surface area contributed by atoms with Crippen molar-refractivity contribution < 1.29 is 9.15 Å². The Labute approximate surface area is 78.3 Å². The zero-order valence-electron chi connectivity index (χ0n) is 8.55. The maximum absolute atomic E-state index is 5.48. The summed E-state index contributed by atoms with van der Waals surface area (Å²) in [5.41, 5.74) is -0.404. The summed E-state index contributed by atoms with van der Waals surface area (Å²) in [6, 6.07) is 0. The topological polar surface area (TPSA) is 47.3 Å². The average molecular weight is 184 g/mol. The van der Waals surface area contributed by atoms with Crippen molar-refractivity contribution in [2.24, 2.45) is 0 Å². The van der Waals surface area contributed by atoms with Crippen LogP contribution in [0, 0.1) is 0 Å². The first-order chi connectivity index (χ1) is 6.10. The van der Waals surface area contributed by atoms with Gasteiger partial charge in [0.25, 0.3) is 0 Å². The summed E-state index contributed by atoms with van der Waals surface area (Å²) >= 11 is 0. The van der Waals surface area contributed by atoms with E-state index < -0.39 is 5.60 Å². The molecule has 0 fully saturated rings. The highest BCUT2D eigenvalue weighted by atomic mass is 16.5. The number of methoxy groups -OCH3 is 1. The standard InChI is InChI=1S/C9H16N2O2/c1-9(2,12-4)7-5-11-8(13-7)6-10-3/h5,10H,6H2,1-4H3. The molecular formula is C9H16N2O2. The fraction of sp³-hybridized carbons (Fsp3) is 0.667. The van der Waals surface area contributed by atoms with E-state index in [1.807, 2.05) is 20.9 Å². The maximum Gasteiger partial charge on any atom is 0.208 e. The lowest BCUT2D eigenvalue weighted by Crippen LogP contribution is -2.18. The summed E-state index contributed by atoms with van der Waals surface area (Å²) in [7, 11) is 3.51. The van der Waals surface area contributed by atoms with E-state index in [0.717, 1.165) is 5.76 Å². The third-order valence-corrected chi connectivity index (χ3v) is 1.99. The first kappa shape index (κ1) is 10.2. The van der Waals surface area contributed by atoms with Crippen molar-refractivity contribution in [3.8, 4) is 0 Å². The summed E-state index contributed by atoms with van der Waals surface area (Å²) in [6.45, 7) is 4.52. The Hall–Kier alpha value is -0.870. The van der Waals surface area contributed by atoms with E-state index in [-0.39, 0.29) is 0 Å². The van der Waals surface area contributed by atoms with E-state index in [2.05, 4.69) is 10.3 Å². The van der Waals surface area contributed by atoms with Crippen LogP contribution >= 0.6 is 0 Å². The zero-order valence-corrected chi connectivity index (χ0v) is 8.55. The molecule has 0 atom stereocenters. The number of hydrogen-bond acceptors (Lipinski definition) is 4. The lowest BCUT2D eigenvalue weighted by atomic mass is 10.1. The Bertz CT molecular complexity index is 268. The highest BCUT2D eigenvalue weighted by molar-refractivity contribution is 5.03. The van der Waals surface area contributed by atoms with E-state index in [1.54, 1.807) is 13.3 Å². The Morgan fingerprint density at radius 2 is 2.31 bits per heavy atom. The van der Waals surface area contributed by atoms with E-state index in [4.69, 9.17) is 9.15 Å². The molecule has 1 rings (SSSR count). The number of oxazole rings is 1. The summed E-state index contributed by atoms with van der Waals surface area (Å²) in [5.74, 6) is 1.43. The molecule has 4 heteroatoms. The third-order valence-electron chi connectivity index (χ3n) is 1.99. The van der Waals surface area contributed by atoms with Gasteiger partial charge in [-0.3, -0.25) is 0 Å². The van der Waals surface area contributed by atoms with Crippen molar-refractivity contribution in [3.05, 3.63) is 17.8 Å². The summed E-state index contributed by atoms with van der Waals surface area (Å²) in [5, 5.41) is 2.97. The molecule has 1 aromatic rings. The molecule has 0 radical (unpaired) electrons. The molecule has 0 saturated carbocycles. The lowest BCUT2D eigenvalue weighted by Gasteiger charge is -2.18. The fourth-order valence-electron chi connectivity index (χ4n) is 0.922. The fourth-order valence-corrected chi connectivity index (χ4v) is 0.922. The van der Waals surface area contributed by atoms with Gasteiger partial charge >= 0.3 is 0 Å². The largest absolute Gasteiger partial charge is 0.441 e. The van der Waals surface area contributed by atoms with Crippen LogP contribution in [0.4, 0.5) is 0 Å². The molecule has 0 saturated heterocycles. The minimum absolute atomic E-state index is 0.404. The van der Waals surface area contributed by atoms with Crippen LogP contribution in [0.1, 0.15) is 25.5 Å². The monoisotopic (exact) mass is 184 g/mol. The number of ether oxygens (including phenoxy) is 1. The quantitative estimate of drug-likeness (QED) is 0.765. The lowest BCUT2D eigenvalue weighted by molar-refractivity contribution is 0.0000498. The van der Waals surface area contributed by atoms with Crippen LogP contribution in [0.3, 0.4) is 0 Å². The Balaban J connectivity index is 2.79. The SMILES string of the molecule is CNCc1ncc(C(C)(C)OC)o1. The highest BCUT2D eigenvalue weighted by Gasteiger charge is 2.24. The third kappa shape index (κ3) is 2.29. The molecule has 0 aliphatic rings. The molecule has 0 aliphatic heterocycles. The molecule has 0 spiro atoms. The van der Waals surface area contributed by atoms with Crippen molar-refractivity contribution in [1.82, 2.24) is 10.3 Å². The van der Waals surface area contributed by atoms with Gasteiger partial charge in [-0.2, -0.15) is 0 Å². The van der Waals surface area contributed by atoms with Crippen molar-refractivity contribution in [3.63, 3.8) is 0 Å². The Morgan fingerprint density at radius 3 is 2.85 bits per heavy atom. The van der Waals surface area contributed by atoms with Gasteiger partial charge in [0, 0.05) is 7.11 Å². The van der Waals surface area contributed by atoms with Crippen LogP contribution in [-0.2, 0) is 16.9 Å². The van der Waals surface area contributed by atoms with Gasteiger partial charge in [0.15, 0.2) is 5.76 Å². The van der Waals surface area contributed by atoms with Crippen LogP contribution in [0.5, 0.6) is 0 Å². The minimum Gasteiger partial charge on any atom is -0.441 e. The van der Waals surface area contributed by atoms with E-state index in [9.17, 15) is 0 Å². The molecule has 1 heterocycles. The molecule has 13 heavy (non-hydrogen) atoms. The number of nitrogens with zero attached hydrogens (tertiary/aromatic N) is 1. The summed E-state index contributed by atoms with van der Waals surface area (Å²) < 4.78 is 10.7. The van der Waals surface area contributed by atoms with Crippen molar-refractivity contribution in [1.29, 1.82) is 0 Å². The highest BCUT2D eigenvalue weighted by Crippen LogP contribution is 2.23.